The average molecular weight is 359 g/mol. The van der Waals surface area contributed by atoms with E-state index >= 15 is 0 Å². The molecule has 0 aromatic heterocycles. The van der Waals surface area contributed by atoms with Crippen LogP contribution in [-0.2, 0) is 6.42 Å². The van der Waals surface area contributed by atoms with Crippen LogP contribution in [0.25, 0.3) is 0 Å². The van der Waals surface area contributed by atoms with Crippen molar-refractivity contribution in [1.29, 1.82) is 0 Å². The fraction of sp³-hybridized carbons (Fsp3) is 0.174. The van der Waals surface area contributed by atoms with E-state index in [0.717, 1.165) is 12.0 Å². The Morgan fingerprint density at radius 1 is 0.926 bits per heavy atom. The van der Waals surface area contributed by atoms with E-state index in [9.17, 15) is 14.3 Å². The molecule has 3 atom stereocenters. The summed E-state index contributed by atoms with van der Waals surface area (Å²) >= 11 is 0. The molecule has 3 aromatic carbocycles. The molecule has 5 rings (SSSR count). The molecule has 0 unspecified atom stereocenters. The molecule has 3 aromatic rings. The number of carboxylic acid groups (broad SMARTS) is 1. The van der Waals surface area contributed by atoms with Crippen LogP contribution in [0, 0.1) is 11.7 Å². The number of aromatic carboxylic acids is 1. The average Bonchev–Trinajstić information content (AvgIpc) is 3.07. The van der Waals surface area contributed by atoms with Gasteiger partial charge >= 0.3 is 5.97 Å². The zero-order valence-corrected chi connectivity index (χ0v) is 14.5. The van der Waals surface area contributed by atoms with Crippen molar-refractivity contribution in [3.05, 3.63) is 100 Å². The van der Waals surface area contributed by atoms with Crippen LogP contribution in [0.2, 0.25) is 0 Å². The lowest BCUT2D eigenvalue weighted by Crippen LogP contribution is -2.32. The van der Waals surface area contributed by atoms with Crippen molar-refractivity contribution in [1.82, 2.24) is 0 Å². The molecule has 1 aliphatic heterocycles. The maximum atomic E-state index is 14.6. The SMILES string of the molecule is O=C(O)c1cccc2c1N[C@H](c1ccccc1F)[C@@H]1Cc3ccccc3[C@H]21. The van der Waals surface area contributed by atoms with Gasteiger partial charge in [-0.2, -0.15) is 0 Å². The second kappa shape index (κ2) is 5.95. The summed E-state index contributed by atoms with van der Waals surface area (Å²) in [4.78, 5) is 11.8. The third kappa shape index (κ3) is 2.36. The minimum Gasteiger partial charge on any atom is -0.478 e. The van der Waals surface area contributed by atoms with E-state index < -0.39 is 5.97 Å². The smallest absolute Gasteiger partial charge is 0.337 e. The van der Waals surface area contributed by atoms with Gasteiger partial charge in [-0.15, -0.1) is 0 Å². The Morgan fingerprint density at radius 3 is 2.41 bits per heavy atom. The number of rotatable bonds is 2. The maximum absolute atomic E-state index is 14.6. The van der Waals surface area contributed by atoms with Gasteiger partial charge < -0.3 is 10.4 Å². The van der Waals surface area contributed by atoms with Gasteiger partial charge in [0.05, 0.1) is 17.3 Å². The van der Waals surface area contributed by atoms with Crippen LogP contribution in [0.4, 0.5) is 10.1 Å². The molecule has 1 heterocycles. The Kier molecular flexibility index (Phi) is 3.54. The summed E-state index contributed by atoms with van der Waals surface area (Å²) in [5.74, 6) is -1.05. The van der Waals surface area contributed by atoms with Crippen molar-refractivity contribution < 1.29 is 14.3 Å². The third-order valence-corrected chi connectivity index (χ3v) is 5.90. The summed E-state index contributed by atoms with van der Waals surface area (Å²) in [6.45, 7) is 0. The molecule has 4 heteroatoms. The number of halogens is 1. The van der Waals surface area contributed by atoms with Gasteiger partial charge in [-0.05, 0) is 41.2 Å². The van der Waals surface area contributed by atoms with E-state index in [4.69, 9.17) is 0 Å². The van der Waals surface area contributed by atoms with E-state index in [1.54, 1.807) is 24.3 Å². The highest BCUT2D eigenvalue weighted by Gasteiger charge is 2.44. The molecule has 0 spiro atoms. The van der Waals surface area contributed by atoms with Crippen molar-refractivity contribution in [2.45, 2.75) is 18.4 Å². The summed E-state index contributed by atoms with van der Waals surface area (Å²) in [6, 6.07) is 20.2. The molecule has 2 N–H and O–H groups in total. The lowest BCUT2D eigenvalue weighted by atomic mass is 9.75. The highest BCUT2D eigenvalue weighted by molar-refractivity contribution is 5.96. The molecular weight excluding hydrogens is 341 g/mol. The molecular formula is C23H18FNO2. The Morgan fingerprint density at radius 2 is 1.63 bits per heavy atom. The summed E-state index contributed by atoms with van der Waals surface area (Å²) in [5, 5.41) is 13.1. The molecule has 3 nitrogen and oxygen atoms in total. The van der Waals surface area contributed by atoms with E-state index in [1.165, 1.54) is 17.2 Å². The van der Waals surface area contributed by atoms with Crippen LogP contribution >= 0.6 is 0 Å². The Balaban J connectivity index is 1.75. The zero-order valence-electron chi connectivity index (χ0n) is 14.5. The van der Waals surface area contributed by atoms with Gasteiger partial charge in [0.15, 0.2) is 0 Å². The molecule has 2 aliphatic rings. The number of hydrogen-bond donors (Lipinski definition) is 2. The van der Waals surface area contributed by atoms with Crippen LogP contribution in [0.1, 0.15) is 44.6 Å². The molecule has 27 heavy (non-hydrogen) atoms. The van der Waals surface area contributed by atoms with Crippen molar-refractivity contribution in [2.24, 2.45) is 5.92 Å². The zero-order chi connectivity index (χ0) is 18.5. The standard InChI is InChI=1S/C23H18FNO2/c24-19-11-4-3-8-15(19)21-18-12-13-6-1-2-7-14(13)20(18)16-9-5-10-17(23(26)27)22(16)25-21/h1-11,18,20-21,25H,12H2,(H,26,27)/t18-,20-,21-/m1/s1. The number of carbonyl (C=O) groups is 1. The van der Waals surface area contributed by atoms with Crippen molar-refractivity contribution in [3.8, 4) is 0 Å². The number of nitrogens with one attached hydrogen (secondary N) is 1. The highest BCUT2D eigenvalue weighted by Crippen LogP contribution is 2.54. The van der Waals surface area contributed by atoms with Gasteiger partial charge in [0, 0.05) is 11.5 Å². The monoisotopic (exact) mass is 359 g/mol. The van der Waals surface area contributed by atoms with Crippen LogP contribution in [-0.4, -0.2) is 11.1 Å². The van der Waals surface area contributed by atoms with Crippen LogP contribution in [0.5, 0.6) is 0 Å². The first kappa shape index (κ1) is 16.1. The Hall–Kier alpha value is -3.14. The fourth-order valence-electron chi connectivity index (χ4n) is 4.80. The largest absolute Gasteiger partial charge is 0.478 e. The van der Waals surface area contributed by atoms with Gasteiger partial charge in [-0.25, -0.2) is 9.18 Å². The van der Waals surface area contributed by atoms with E-state index in [2.05, 4.69) is 17.4 Å². The predicted molar refractivity (Wildman–Crippen MR) is 102 cm³/mol. The van der Waals surface area contributed by atoms with Gasteiger partial charge in [0.2, 0.25) is 0 Å². The van der Waals surface area contributed by atoms with Crippen LogP contribution in [0.3, 0.4) is 0 Å². The lowest BCUT2D eigenvalue weighted by Gasteiger charge is -2.38. The minimum absolute atomic E-state index is 0.0568. The topological polar surface area (TPSA) is 49.3 Å². The quantitative estimate of drug-likeness (QED) is 0.677. The van der Waals surface area contributed by atoms with Crippen molar-refractivity contribution in [3.63, 3.8) is 0 Å². The maximum Gasteiger partial charge on any atom is 0.337 e. The molecule has 0 amide bonds. The highest BCUT2D eigenvalue weighted by atomic mass is 19.1. The van der Waals surface area contributed by atoms with Gasteiger partial charge in [-0.1, -0.05) is 54.6 Å². The second-order valence-electron chi connectivity index (χ2n) is 7.26. The molecule has 0 fully saturated rings. The number of benzene rings is 3. The number of para-hydroxylation sites is 1. The lowest BCUT2D eigenvalue weighted by molar-refractivity contribution is 0.0697. The normalized spacial score (nSPS) is 22.3. The van der Waals surface area contributed by atoms with Gasteiger partial charge in [-0.3, -0.25) is 0 Å². The second-order valence-corrected chi connectivity index (χ2v) is 7.26. The molecule has 0 saturated heterocycles. The minimum atomic E-state index is -0.976. The summed E-state index contributed by atoms with van der Waals surface area (Å²) in [7, 11) is 0. The van der Waals surface area contributed by atoms with Gasteiger partial charge in [0.25, 0.3) is 0 Å². The fourth-order valence-corrected chi connectivity index (χ4v) is 4.80. The summed E-state index contributed by atoms with van der Waals surface area (Å²) in [6.07, 6.45) is 0.837. The van der Waals surface area contributed by atoms with E-state index in [1.807, 2.05) is 24.3 Å². The van der Waals surface area contributed by atoms with E-state index in [-0.39, 0.29) is 29.3 Å². The number of fused-ring (bicyclic) bond motifs is 5. The number of hydrogen-bond acceptors (Lipinski definition) is 2. The van der Waals surface area contributed by atoms with Gasteiger partial charge in [0.1, 0.15) is 5.82 Å². The van der Waals surface area contributed by atoms with Crippen molar-refractivity contribution >= 4 is 11.7 Å². The number of carboxylic acids is 1. The number of anilines is 1. The Bertz CT molecular complexity index is 1060. The molecule has 0 radical (unpaired) electrons. The summed E-state index contributed by atoms with van der Waals surface area (Å²) in [5.41, 5.74) is 4.88. The summed E-state index contributed by atoms with van der Waals surface area (Å²) < 4.78 is 14.6. The third-order valence-electron chi connectivity index (χ3n) is 5.90. The predicted octanol–water partition coefficient (Wildman–Crippen LogP) is 4.99. The molecule has 0 bridgehead atoms. The van der Waals surface area contributed by atoms with Crippen LogP contribution < -0.4 is 5.32 Å². The molecule has 0 saturated carbocycles. The molecule has 134 valence electrons. The first-order valence-electron chi connectivity index (χ1n) is 9.10. The van der Waals surface area contributed by atoms with Crippen molar-refractivity contribution in [2.75, 3.05) is 5.32 Å². The molecule has 1 aliphatic carbocycles. The van der Waals surface area contributed by atoms with E-state index in [0.29, 0.717) is 11.3 Å². The first-order valence-corrected chi connectivity index (χ1v) is 9.10. The first-order chi connectivity index (χ1) is 13.1. The van der Waals surface area contributed by atoms with Crippen LogP contribution in [0.15, 0.2) is 66.7 Å². The Labute approximate surface area is 156 Å².